The lowest BCUT2D eigenvalue weighted by molar-refractivity contribution is -0.136. The molecule has 1 aliphatic rings. The summed E-state index contributed by atoms with van der Waals surface area (Å²) in [6, 6.07) is 6.03. The summed E-state index contributed by atoms with van der Waals surface area (Å²) in [7, 11) is 4.04. The molecule has 5 heteroatoms. The standard InChI is InChI=1S/C25H41N3O2/c1-8-19(9-2)24(30)28(16-18-10-11-18)17-20-14-21(12-13-22(20)27(6)7)26-23(29)15-25(3,4)5/h12-14,18-19H,8-11,15-17H2,1-7H3,(H,26,29). The predicted molar refractivity (Wildman–Crippen MR) is 126 cm³/mol. The zero-order valence-corrected chi connectivity index (χ0v) is 20.0. The smallest absolute Gasteiger partial charge is 0.225 e. The van der Waals surface area contributed by atoms with Gasteiger partial charge in [0.05, 0.1) is 0 Å². The molecule has 1 aromatic carbocycles. The van der Waals surface area contributed by atoms with Gasteiger partial charge in [-0.15, -0.1) is 0 Å². The number of anilines is 2. The van der Waals surface area contributed by atoms with Crippen molar-refractivity contribution in [1.29, 1.82) is 0 Å². The van der Waals surface area contributed by atoms with Crippen LogP contribution >= 0.6 is 0 Å². The van der Waals surface area contributed by atoms with Crippen LogP contribution in [0.4, 0.5) is 11.4 Å². The molecule has 0 aromatic heterocycles. The zero-order chi connectivity index (χ0) is 22.5. The molecule has 1 saturated carbocycles. The molecule has 30 heavy (non-hydrogen) atoms. The van der Waals surface area contributed by atoms with Gasteiger partial charge in [-0.25, -0.2) is 0 Å². The Labute approximate surface area is 183 Å². The number of carbonyl (C=O) groups excluding carboxylic acids is 2. The molecule has 0 unspecified atom stereocenters. The molecular weight excluding hydrogens is 374 g/mol. The van der Waals surface area contributed by atoms with Crippen LogP contribution in [-0.2, 0) is 16.1 Å². The molecule has 1 aliphatic carbocycles. The van der Waals surface area contributed by atoms with Gasteiger partial charge in [0.2, 0.25) is 11.8 Å². The first-order valence-electron chi connectivity index (χ1n) is 11.4. The molecule has 0 aliphatic heterocycles. The number of rotatable bonds is 10. The number of amides is 2. The topological polar surface area (TPSA) is 52.7 Å². The van der Waals surface area contributed by atoms with Gasteiger partial charge in [0.25, 0.3) is 0 Å². The minimum atomic E-state index is -0.0563. The first-order chi connectivity index (χ1) is 14.0. The molecule has 1 fully saturated rings. The maximum absolute atomic E-state index is 13.2. The van der Waals surface area contributed by atoms with Gasteiger partial charge in [-0.3, -0.25) is 9.59 Å². The highest BCUT2D eigenvalue weighted by atomic mass is 16.2. The Morgan fingerprint density at radius 3 is 2.27 bits per heavy atom. The summed E-state index contributed by atoms with van der Waals surface area (Å²) >= 11 is 0. The van der Waals surface area contributed by atoms with Crippen LogP contribution < -0.4 is 10.2 Å². The second-order valence-corrected chi connectivity index (χ2v) is 10.2. The van der Waals surface area contributed by atoms with Gasteiger partial charge in [-0.1, -0.05) is 34.6 Å². The Morgan fingerprint density at radius 2 is 1.77 bits per heavy atom. The number of benzene rings is 1. The number of hydrogen-bond donors (Lipinski definition) is 1. The van der Waals surface area contributed by atoms with E-state index in [1.165, 1.54) is 12.8 Å². The van der Waals surface area contributed by atoms with Crippen LogP contribution in [0.5, 0.6) is 0 Å². The first kappa shape index (κ1) is 24.2. The fourth-order valence-electron chi connectivity index (χ4n) is 3.86. The molecule has 2 rings (SSSR count). The monoisotopic (exact) mass is 415 g/mol. The van der Waals surface area contributed by atoms with Gasteiger partial charge in [0.1, 0.15) is 0 Å². The Kier molecular flexibility index (Phi) is 8.34. The Morgan fingerprint density at radius 1 is 1.13 bits per heavy atom. The van der Waals surface area contributed by atoms with Crippen molar-refractivity contribution in [2.45, 2.75) is 73.3 Å². The third-order valence-corrected chi connectivity index (χ3v) is 5.72. The summed E-state index contributed by atoms with van der Waals surface area (Å²) in [5, 5.41) is 3.04. The van der Waals surface area contributed by atoms with E-state index < -0.39 is 0 Å². The number of nitrogens with one attached hydrogen (secondary N) is 1. The molecule has 5 nitrogen and oxygen atoms in total. The molecule has 0 heterocycles. The highest BCUT2D eigenvalue weighted by molar-refractivity contribution is 5.91. The number of hydrogen-bond acceptors (Lipinski definition) is 3. The summed E-state index contributed by atoms with van der Waals surface area (Å²) in [5.74, 6) is 1.01. The molecule has 0 bridgehead atoms. The molecule has 1 N–H and O–H groups in total. The Hall–Kier alpha value is -2.04. The van der Waals surface area contributed by atoms with E-state index in [2.05, 4.69) is 49.7 Å². The largest absolute Gasteiger partial charge is 0.377 e. The molecule has 0 atom stereocenters. The number of carbonyl (C=O) groups is 2. The summed E-state index contributed by atoms with van der Waals surface area (Å²) in [6.45, 7) is 11.8. The van der Waals surface area contributed by atoms with Crippen LogP contribution in [0.15, 0.2) is 18.2 Å². The molecule has 2 amide bonds. The van der Waals surface area contributed by atoms with Gasteiger partial charge in [0.15, 0.2) is 0 Å². The molecule has 1 aromatic rings. The highest BCUT2D eigenvalue weighted by Gasteiger charge is 2.30. The molecule has 0 spiro atoms. The normalized spacial score (nSPS) is 14.0. The molecule has 0 saturated heterocycles. The minimum Gasteiger partial charge on any atom is -0.377 e. The van der Waals surface area contributed by atoms with Crippen molar-refractivity contribution in [1.82, 2.24) is 4.90 Å². The lowest BCUT2D eigenvalue weighted by Gasteiger charge is -2.29. The van der Waals surface area contributed by atoms with Crippen LogP contribution in [0.2, 0.25) is 0 Å². The van der Waals surface area contributed by atoms with Gasteiger partial charge >= 0.3 is 0 Å². The van der Waals surface area contributed by atoms with Crippen molar-refractivity contribution in [3.63, 3.8) is 0 Å². The summed E-state index contributed by atoms with van der Waals surface area (Å²) in [6.07, 6.45) is 4.66. The SMILES string of the molecule is CCC(CC)C(=O)N(Cc1cc(NC(=O)CC(C)(C)C)ccc1N(C)C)CC1CC1. The van der Waals surface area contributed by atoms with E-state index in [0.29, 0.717) is 18.9 Å². The molecule has 0 radical (unpaired) electrons. The van der Waals surface area contributed by atoms with Gasteiger partial charge < -0.3 is 15.1 Å². The van der Waals surface area contributed by atoms with E-state index in [1.807, 2.05) is 32.3 Å². The highest BCUT2D eigenvalue weighted by Crippen LogP contribution is 2.32. The second kappa shape index (κ2) is 10.3. The third kappa shape index (κ3) is 7.33. The van der Waals surface area contributed by atoms with Gasteiger partial charge in [-0.05, 0) is 60.8 Å². The predicted octanol–water partition coefficient (Wildman–Crippen LogP) is 5.30. The van der Waals surface area contributed by atoms with Crippen LogP contribution in [-0.4, -0.2) is 37.4 Å². The van der Waals surface area contributed by atoms with E-state index >= 15 is 0 Å². The lowest BCUT2D eigenvalue weighted by Crippen LogP contribution is -2.37. The van der Waals surface area contributed by atoms with E-state index in [4.69, 9.17) is 0 Å². The fraction of sp³-hybridized carbons (Fsp3) is 0.680. The summed E-state index contributed by atoms with van der Waals surface area (Å²) < 4.78 is 0. The average molecular weight is 416 g/mol. The maximum atomic E-state index is 13.2. The van der Waals surface area contributed by atoms with Gasteiger partial charge in [-0.2, -0.15) is 0 Å². The van der Waals surface area contributed by atoms with Crippen LogP contribution in [0.25, 0.3) is 0 Å². The second-order valence-electron chi connectivity index (χ2n) is 10.2. The van der Waals surface area contributed by atoms with Crippen molar-refractivity contribution >= 4 is 23.2 Å². The quantitative estimate of drug-likeness (QED) is 0.564. The van der Waals surface area contributed by atoms with E-state index in [-0.39, 0.29) is 23.1 Å². The van der Waals surface area contributed by atoms with E-state index in [9.17, 15) is 9.59 Å². The fourth-order valence-corrected chi connectivity index (χ4v) is 3.86. The molecule has 168 valence electrons. The summed E-state index contributed by atoms with van der Waals surface area (Å²) in [4.78, 5) is 29.8. The van der Waals surface area contributed by atoms with Gasteiger partial charge in [0, 0.05) is 50.9 Å². The number of nitrogens with zero attached hydrogens (tertiary/aromatic N) is 2. The lowest BCUT2D eigenvalue weighted by atomic mass is 9.92. The van der Waals surface area contributed by atoms with Crippen molar-refractivity contribution in [3.8, 4) is 0 Å². The van der Waals surface area contributed by atoms with Crippen molar-refractivity contribution in [2.75, 3.05) is 30.9 Å². The minimum absolute atomic E-state index is 0.0222. The van der Waals surface area contributed by atoms with E-state index in [0.717, 1.165) is 36.3 Å². The van der Waals surface area contributed by atoms with Crippen molar-refractivity contribution < 1.29 is 9.59 Å². The van der Waals surface area contributed by atoms with Crippen LogP contribution in [0.1, 0.15) is 72.3 Å². The molecular formula is C25H41N3O2. The van der Waals surface area contributed by atoms with Crippen LogP contribution in [0, 0.1) is 17.3 Å². The summed E-state index contributed by atoms with van der Waals surface area (Å²) in [5.41, 5.74) is 2.90. The Balaban J connectivity index is 2.26. The average Bonchev–Trinajstić information content (AvgIpc) is 3.44. The van der Waals surface area contributed by atoms with Crippen LogP contribution in [0.3, 0.4) is 0 Å². The third-order valence-electron chi connectivity index (χ3n) is 5.72. The first-order valence-corrected chi connectivity index (χ1v) is 11.4. The Bertz CT molecular complexity index is 728. The zero-order valence-electron chi connectivity index (χ0n) is 20.0. The van der Waals surface area contributed by atoms with Crippen molar-refractivity contribution in [3.05, 3.63) is 23.8 Å². The van der Waals surface area contributed by atoms with E-state index in [1.54, 1.807) is 0 Å². The van der Waals surface area contributed by atoms with Crippen molar-refractivity contribution in [2.24, 2.45) is 17.3 Å². The maximum Gasteiger partial charge on any atom is 0.225 e.